The van der Waals surface area contributed by atoms with Crippen LogP contribution in [0.3, 0.4) is 0 Å². The van der Waals surface area contributed by atoms with Gasteiger partial charge in [0.15, 0.2) is 12.3 Å². The van der Waals surface area contributed by atoms with E-state index in [0.717, 1.165) is 0 Å². The molecule has 0 aliphatic carbocycles. The molecule has 0 bridgehead atoms. The molecule has 2 aliphatic heterocycles. The molecule has 1 N–H and O–H groups in total. The highest BCUT2D eigenvalue weighted by molar-refractivity contribution is 5.98. The van der Waals surface area contributed by atoms with Gasteiger partial charge in [0.05, 0.1) is 5.69 Å². The molecule has 0 radical (unpaired) electrons. The monoisotopic (exact) mass is 326 g/mol. The number of anilines is 2. The van der Waals surface area contributed by atoms with Crippen molar-refractivity contribution in [3.8, 4) is 18.1 Å². The maximum atomic E-state index is 12.1. The SMILES string of the molecule is C#CCCC1(CCC(=O)Nc2ccc3c(c2)OCC(=O)N3C)N=N1. The van der Waals surface area contributed by atoms with Crippen molar-refractivity contribution in [1.82, 2.24) is 0 Å². The standard InChI is InChI=1S/C17H18N4O3/c1-3-4-8-17(19-20-17)9-7-15(22)18-12-5-6-13-14(10-12)24-11-16(23)21(13)2/h1,5-6,10H,4,7-9,11H2,2H3,(H,18,22). The number of carbonyl (C=O) groups is 2. The predicted molar refractivity (Wildman–Crippen MR) is 88.9 cm³/mol. The summed E-state index contributed by atoms with van der Waals surface area (Å²) in [4.78, 5) is 25.2. The van der Waals surface area contributed by atoms with Crippen LogP contribution < -0.4 is 15.0 Å². The van der Waals surface area contributed by atoms with E-state index in [1.54, 1.807) is 25.2 Å². The Kier molecular flexibility index (Phi) is 4.21. The lowest BCUT2D eigenvalue weighted by Gasteiger charge is -2.26. The number of amides is 2. The van der Waals surface area contributed by atoms with Crippen LogP contribution in [0.15, 0.2) is 28.4 Å². The van der Waals surface area contributed by atoms with Gasteiger partial charge in [-0.25, -0.2) is 0 Å². The van der Waals surface area contributed by atoms with Crippen molar-refractivity contribution in [3.05, 3.63) is 18.2 Å². The molecule has 24 heavy (non-hydrogen) atoms. The van der Waals surface area contributed by atoms with Crippen molar-refractivity contribution in [2.75, 3.05) is 23.9 Å². The summed E-state index contributed by atoms with van der Waals surface area (Å²) in [5, 5.41) is 10.9. The summed E-state index contributed by atoms with van der Waals surface area (Å²) >= 11 is 0. The summed E-state index contributed by atoms with van der Waals surface area (Å²) in [5.41, 5.74) is 0.864. The third kappa shape index (κ3) is 3.38. The van der Waals surface area contributed by atoms with Crippen molar-refractivity contribution in [3.63, 3.8) is 0 Å². The number of terminal acetylenes is 1. The first-order valence-corrected chi connectivity index (χ1v) is 7.74. The van der Waals surface area contributed by atoms with E-state index < -0.39 is 5.66 Å². The third-order valence-electron chi connectivity index (χ3n) is 4.14. The minimum absolute atomic E-state index is 0.00159. The minimum Gasteiger partial charge on any atom is -0.481 e. The van der Waals surface area contributed by atoms with Gasteiger partial charge in [-0.1, -0.05) is 0 Å². The molecule has 0 saturated carbocycles. The lowest BCUT2D eigenvalue weighted by molar-refractivity contribution is -0.121. The normalized spacial score (nSPS) is 16.8. The van der Waals surface area contributed by atoms with Crippen LogP contribution >= 0.6 is 0 Å². The van der Waals surface area contributed by atoms with E-state index >= 15 is 0 Å². The van der Waals surface area contributed by atoms with Gasteiger partial charge in [-0.2, -0.15) is 10.2 Å². The molecule has 124 valence electrons. The number of nitrogens with zero attached hydrogens (tertiary/aromatic N) is 3. The Balaban J connectivity index is 1.56. The van der Waals surface area contributed by atoms with Gasteiger partial charge in [0.25, 0.3) is 5.91 Å². The largest absolute Gasteiger partial charge is 0.481 e. The molecule has 0 unspecified atom stereocenters. The average Bonchev–Trinajstić information content (AvgIpc) is 3.35. The third-order valence-corrected chi connectivity index (χ3v) is 4.14. The highest BCUT2D eigenvalue weighted by Crippen LogP contribution is 2.38. The van der Waals surface area contributed by atoms with Gasteiger partial charge in [0, 0.05) is 44.5 Å². The molecule has 2 amide bonds. The van der Waals surface area contributed by atoms with Gasteiger partial charge in [0.2, 0.25) is 5.91 Å². The Morgan fingerprint density at radius 3 is 2.96 bits per heavy atom. The first-order valence-electron chi connectivity index (χ1n) is 7.74. The van der Waals surface area contributed by atoms with Crippen LogP contribution in [0.1, 0.15) is 25.7 Å². The second kappa shape index (κ2) is 6.32. The van der Waals surface area contributed by atoms with E-state index in [1.165, 1.54) is 4.90 Å². The van der Waals surface area contributed by atoms with Gasteiger partial charge in [-0.05, 0) is 12.1 Å². The summed E-state index contributed by atoms with van der Waals surface area (Å²) < 4.78 is 5.41. The van der Waals surface area contributed by atoms with Crippen LogP contribution in [-0.2, 0) is 9.59 Å². The molecule has 2 aliphatic rings. The van der Waals surface area contributed by atoms with E-state index in [-0.39, 0.29) is 18.4 Å². The molecule has 1 aromatic carbocycles. The number of hydrogen-bond donors (Lipinski definition) is 1. The quantitative estimate of drug-likeness (QED) is 0.814. The Morgan fingerprint density at radius 2 is 2.25 bits per heavy atom. The first kappa shape index (κ1) is 16.0. The molecule has 0 aromatic heterocycles. The van der Waals surface area contributed by atoms with Gasteiger partial charge in [-0.15, -0.1) is 12.3 Å². The molecule has 3 rings (SSSR count). The van der Waals surface area contributed by atoms with Crippen molar-refractivity contribution < 1.29 is 14.3 Å². The smallest absolute Gasteiger partial charge is 0.264 e. The summed E-state index contributed by atoms with van der Waals surface area (Å²) in [5.74, 6) is 2.92. The van der Waals surface area contributed by atoms with Crippen molar-refractivity contribution in [2.24, 2.45) is 10.2 Å². The zero-order valence-electron chi connectivity index (χ0n) is 13.4. The molecule has 0 spiro atoms. The van der Waals surface area contributed by atoms with Crippen molar-refractivity contribution in [1.29, 1.82) is 0 Å². The van der Waals surface area contributed by atoms with Crippen LogP contribution in [0.5, 0.6) is 5.75 Å². The second-order valence-electron chi connectivity index (χ2n) is 5.86. The summed E-state index contributed by atoms with van der Waals surface area (Å²) in [6, 6.07) is 5.22. The van der Waals surface area contributed by atoms with Crippen molar-refractivity contribution in [2.45, 2.75) is 31.3 Å². The molecule has 0 saturated heterocycles. The lowest BCUT2D eigenvalue weighted by atomic mass is 10.0. The molecule has 0 atom stereocenters. The minimum atomic E-state index is -0.453. The van der Waals surface area contributed by atoms with E-state index in [0.29, 0.717) is 42.8 Å². The molecule has 0 fully saturated rings. The van der Waals surface area contributed by atoms with Gasteiger partial charge < -0.3 is 15.0 Å². The number of likely N-dealkylation sites (N-methyl/N-ethyl adjacent to an activating group) is 1. The van der Waals surface area contributed by atoms with Crippen LogP contribution in [-0.4, -0.2) is 31.1 Å². The number of benzene rings is 1. The zero-order valence-corrected chi connectivity index (χ0v) is 13.4. The number of nitrogens with one attached hydrogen (secondary N) is 1. The Hall–Kier alpha value is -2.88. The van der Waals surface area contributed by atoms with Gasteiger partial charge in [-0.3, -0.25) is 9.59 Å². The van der Waals surface area contributed by atoms with E-state index in [4.69, 9.17) is 11.2 Å². The van der Waals surface area contributed by atoms with Crippen LogP contribution in [0.2, 0.25) is 0 Å². The number of ether oxygens (including phenoxy) is 1. The highest BCUT2D eigenvalue weighted by atomic mass is 16.5. The van der Waals surface area contributed by atoms with E-state index in [1.807, 2.05) is 0 Å². The molecule has 7 nitrogen and oxygen atoms in total. The molecule has 2 heterocycles. The molecule has 1 aromatic rings. The van der Waals surface area contributed by atoms with Gasteiger partial charge in [0.1, 0.15) is 5.75 Å². The molecule has 7 heteroatoms. The number of fused-ring (bicyclic) bond motifs is 1. The highest BCUT2D eigenvalue weighted by Gasteiger charge is 2.39. The lowest BCUT2D eigenvalue weighted by Crippen LogP contribution is -2.35. The summed E-state index contributed by atoms with van der Waals surface area (Å²) in [7, 11) is 1.69. The maximum absolute atomic E-state index is 12.1. The fourth-order valence-corrected chi connectivity index (χ4v) is 2.56. The Bertz CT molecular complexity index is 745. The first-order chi connectivity index (χ1) is 11.5. The Labute approximate surface area is 140 Å². The fourth-order valence-electron chi connectivity index (χ4n) is 2.56. The second-order valence-corrected chi connectivity index (χ2v) is 5.86. The summed E-state index contributed by atoms with van der Waals surface area (Å²) in [6.45, 7) is 0.00159. The van der Waals surface area contributed by atoms with E-state index in [9.17, 15) is 9.59 Å². The van der Waals surface area contributed by atoms with Crippen LogP contribution in [0, 0.1) is 12.3 Å². The number of hydrogen-bond acceptors (Lipinski definition) is 5. The fraction of sp³-hybridized carbons (Fsp3) is 0.412. The zero-order chi connectivity index (χ0) is 17.2. The Morgan fingerprint density at radius 1 is 1.46 bits per heavy atom. The topological polar surface area (TPSA) is 83.4 Å². The number of rotatable bonds is 6. The van der Waals surface area contributed by atoms with Crippen LogP contribution in [0.4, 0.5) is 11.4 Å². The number of carbonyl (C=O) groups excluding carboxylic acids is 2. The van der Waals surface area contributed by atoms with E-state index in [2.05, 4.69) is 21.5 Å². The van der Waals surface area contributed by atoms with Crippen molar-refractivity contribution >= 4 is 23.2 Å². The molecular weight excluding hydrogens is 308 g/mol. The van der Waals surface area contributed by atoms with Gasteiger partial charge >= 0.3 is 0 Å². The summed E-state index contributed by atoms with van der Waals surface area (Å²) in [6.07, 6.45) is 7.40. The predicted octanol–water partition coefficient (Wildman–Crippen LogP) is 2.34. The maximum Gasteiger partial charge on any atom is 0.264 e. The molecular formula is C17H18N4O3. The van der Waals surface area contributed by atoms with Crippen LogP contribution in [0.25, 0.3) is 0 Å². The average molecular weight is 326 g/mol.